The van der Waals surface area contributed by atoms with E-state index in [4.69, 9.17) is 4.99 Å². The smallest absolute Gasteiger partial charge is 0.0789 e. The average molecular weight is 410 g/mol. The molecule has 1 unspecified atom stereocenters. The van der Waals surface area contributed by atoms with Crippen molar-refractivity contribution in [2.75, 3.05) is 0 Å². The standard InChI is InChI=1S/C30H35N/c1-18(2)21-14-22(19(3)4)16-23(15-21)29-26-9-7-8-25-24(10-11-27(31-29)28(25)26)20-12-13-30(5,6)17-20/h7-11,14-16,18-20H,12-13,17H2,1-6H3. The quantitative estimate of drug-likeness (QED) is 0.319. The number of rotatable bonds is 4. The zero-order valence-electron chi connectivity index (χ0n) is 19.9. The third-order valence-corrected chi connectivity index (χ3v) is 7.53. The van der Waals surface area contributed by atoms with Gasteiger partial charge in [-0.05, 0) is 82.7 Å². The third-order valence-electron chi connectivity index (χ3n) is 7.53. The molecule has 0 N–H and O–H groups in total. The van der Waals surface area contributed by atoms with Crippen LogP contribution in [0.2, 0.25) is 0 Å². The summed E-state index contributed by atoms with van der Waals surface area (Å²) >= 11 is 0. The number of nitrogens with zero attached hydrogens (tertiary/aromatic N) is 1. The van der Waals surface area contributed by atoms with Gasteiger partial charge in [-0.25, -0.2) is 4.99 Å². The fourth-order valence-electron chi connectivity index (χ4n) is 5.64. The zero-order chi connectivity index (χ0) is 21.9. The Kier molecular flexibility index (Phi) is 4.84. The van der Waals surface area contributed by atoms with Gasteiger partial charge in [0.05, 0.1) is 11.4 Å². The fourth-order valence-corrected chi connectivity index (χ4v) is 5.64. The molecule has 1 heterocycles. The highest BCUT2D eigenvalue weighted by Crippen LogP contribution is 2.49. The van der Waals surface area contributed by atoms with Crippen LogP contribution in [-0.4, -0.2) is 5.71 Å². The van der Waals surface area contributed by atoms with E-state index in [1.807, 2.05) is 0 Å². The summed E-state index contributed by atoms with van der Waals surface area (Å²) in [5.74, 6) is 1.69. The van der Waals surface area contributed by atoms with Crippen LogP contribution in [-0.2, 0) is 0 Å². The second kappa shape index (κ2) is 7.33. The summed E-state index contributed by atoms with van der Waals surface area (Å²) in [4.78, 5) is 5.18. The van der Waals surface area contributed by atoms with Gasteiger partial charge in [0.15, 0.2) is 0 Å². The highest BCUT2D eigenvalue weighted by atomic mass is 14.8. The Labute approximate surface area is 187 Å². The maximum atomic E-state index is 5.18. The van der Waals surface area contributed by atoms with Gasteiger partial charge in [0.25, 0.3) is 0 Å². The van der Waals surface area contributed by atoms with Gasteiger partial charge in [-0.3, -0.25) is 0 Å². The maximum absolute atomic E-state index is 5.18. The lowest BCUT2D eigenvalue weighted by Gasteiger charge is -2.19. The van der Waals surface area contributed by atoms with Crippen LogP contribution in [0, 0.1) is 5.41 Å². The molecule has 3 aromatic carbocycles. The van der Waals surface area contributed by atoms with Crippen LogP contribution < -0.4 is 0 Å². The van der Waals surface area contributed by atoms with Gasteiger partial charge in [-0.15, -0.1) is 0 Å². The molecule has 1 aliphatic carbocycles. The predicted molar refractivity (Wildman–Crippen MR) is 134 cm³/mol. The normalized spacial score (nSPS) is 19.6. The predicted octanol–water partition coefficient (Wildman–Crippen LogP) is 8.86. The maximum Gasteiger partial charge on any atom is 0.0789 e. The van der Waals surface area contributed by atoms with Crippen LogP contribution in [0.1, 0.15) is 106 Å². The van der Waals surface area contributed by atoms with Crippen molar-refractivity contribution in [2.45, 2.75) is 78.6 Å². The minimum absolute atomic E-state index is 0.458. The molecule has 1 atom stereocenters. The highest BCUT2D eigenvalue weighted by molar-refractivity contribution is 6.26. The first-order valence-corrected chi connectivity index (χ1v) is 12.0. The Bertz CT molecular complexity index is 1170. The zero-order valence-corrected chi connectivity index (χ0v) is 19.9. The van der Waals surface area contributed by atoms with Crippen molar-refractivity contribution >= 4 is 22.2 Å². The van der Waals surface area contributed by atoms with Gasteiger partial charge < -0.3 is 0 Å². The summed E-state index contributed by atoms with van der Waals surface area (Å²) < 4.78 is 0. The van der Waals surface area contributed by atoms with E-state index in [2.05, 4.69) is 90.1 Å². The van der Waals surface area contributed by atoms with Crippen molar-refractivity contribution in [1.29, 1.82) is 0 Å². The lowest BCUT2D eigenvalue weighted by molar-refractivity contribution is 0.376. The molecule has 2 aliphatic rings. The average Bonchev–Trinajstić information content (AvgIpc) is 3.29. The molecule has 0 amide bonds. The molecule has 0 spiro atoms. The van der Waals surface area contributed by atoms with Crippen LogP contribution in [0.15, 0.2) is 53.5 Å². The van der Waals surface area contributed by atoms with Gasteiger partial charge in [0, 0.05) is 16.5 Å². The van der Waals surface area contributed by atoms with E-state index in [1.54, 1.807) is 0 Å². The Morgan fingerprint density at radius 1 is 0.903 bits per heavy atom. The Morgan fingerprint density at radius 2 is 1.61 bits per heavy atom. The molecular weight excluding hydrogens is 374 g/mol. The lowest BCUT2D eigenvalue weighted by Crippen LogP contribution is -2.05. The lowest BCUT2D eigenvalue weighted by atomic mass is 9.85. The van der Waals surface area contributed by atoms with Crippen molar-refractivity contribution in [3.05, 3.63) is 76.3 Å². The summed E-state index contributed by atoms with van der Waals surface area (Å²) in [7, 11) is 0. The van der Waals surface area contributed by atoms with E-state index in [9.17, 15) is 0 Å². The second-order valence-electron chi connectivity index (χ2n) is 11.2. The first-order chi connectivity index (χ1) is 14.7. The molecule has 0 saturated heterocycles. The number of aliphatic imine (C=N–C) groups is 1. The van der Waals surface area contributed by atoms with E-state index in [0.717, 1.165) is 11.4 Å². The molecule has 5 rings (SSSR count). The topological polar surface area (TPSA) is 12.4 Å². The van der Waals surface area contributed by atoms with Crippen LogP contribution in [0.25, 0.3) is 10.8 Å². The van der Waals surface area contributed by atoms with E-state index in [1.165, 1.54) is 57.9 Å². The SMILES string of the molecule is CC(C)c1cc(C2=Nc3ccc(C4CCC(C)(C)C4)c4cccc2c34)cc(C(C)C)c1. The summed E-state index contributed by atoms with van der Waals surface area (Å²) in [6.07, 6.45) is 3.91. The van der Waals surface area contributed by atoms with Crippen molar-refractivity contribution in [3.8, 4) is 0 Å². The van der Waals surface area contributed by atoms with Gasteiger partial charge in [-0.1, -0.05) is 71.9 Å². The molecule has 3 aromatic rings. The molecule has 0 radical (unpaired) electrons. The van der Waals surface area contributed by atoms with Gasteiger partial charge in [0.1, 0.15) is 0 Å². The van der Waals surface area contributed by atoms with Crippen LogP contribution in [0.3, 0.4) is 0 Å². The summed E-state index contributed by atoms with van der Waals surface area (Å²) in [6.45, 7) is 14.0. The van der Waals surface area contributed by atoms with Crippen LogP contribution >= 0.6 is 0 Å². The van der Waals surface area contributed by atoms with Crippen molar-refractivity contribution < 1.29 is 0 Å². The third kappa shape index (κ3) is 3.53. The summed E-state index contributed by atoms with van der Waals surface area (Å²) in [5, 5.41) is 2.78. The molecule has 160 valence electrons. The van der Waals surface area contributed by atoms with Crippen LogP contribution in [0.4, 0.5) is 5.69 Å². The second-order valence-corrected chi connectivity index (χ2v) is 11.2. The van der Waals surface area contributed by atoms with Crippen molar-refractivity contribution in [3.63, 3.8) is 0 Å². The molecule has 1 saturated carbocycles. The molecule has 0 aromatic heterocycles. The van der Waals surface area contributed by atoms with Crippen LogP contribution in [0.5, 0.6) is 0 Å². The molecule has 1 aliphatic heterocycles. The minimum atomic E-state index is 0.458. The minimum Gasteiger partial charge on any atom is -0.247 e. The summed E-state index contributed by atoms with van der Waals surface area (Å²) in [5.41, 5.74) is 9.66. The molecule has 1 heteroatoms. The Morgan fingerprint density at radius 3 is 2.23 bits per heavy atom. The van der Waals surface area contributed by atoms with E-state index in [0.29, 0.717) is 23.2 Å². The van der Waals surface area contributed by atoms with E-state index >= 15 is 0 Å². The first-order valence-electron chi connectivity index (χ1n) is 12.0. The Hall–Kier alpha value is -2.41. The highest BCUT2D eigenvalue weighted by Gasteiger charge is 2.33. The number of benzene rings is 3. The van der Waals surface area contributed by atoms with Gasteiger partial charge in [-0.2, -0.15) is 0 Å². The molecule has 1 fully saturated rings. The van der Waals surface area contributed by atoms with Gasteiger partial charge in [0.2, 0.25) is 0 Å². The van der Waals surface area contributed by atoms with E-state index in [-0.39, 0.29) is 0 Å². The molecular formula is C30H35N. The van der Waals surface area contributed by atoms with Crippen molar-refractivity contribution in [2.24, 2.45) is 10.4 Å². The molecule has 1 nitrogen and oxygen atoms in total. The number of hydrogen-bond donors (Lipinski definition) is 0. The fraction of sp³-hybridized carbons (Fsp3) is 0.433. The number of hydrogen-bond acceptors (Lipinski definition) is 1. The Balaban J connectivity index is 1.64. The largest absolute Gasteiger partial charge is 0.247 e. The first kappa shape index (κ1) is 20.5. The summed E-state index contributed by atoms with van der Waals surface area (Å²) in [6, 6.07) is 18.6. The van der Waals surface area contributed by atoms with Crippen molar-refractivity contribution in [1.82, 2.24) is 0 Å². The monoisotopic (exact) mass is 409 g/mol. The van der Waals surface area contributed by atoms with E-state index < -0.39 is 0 Å². The van der Waals surface area contributed by atoms with Gasteiger partial charge >= 0.3 is 0 Å². The molecule has 31 heavy (non-hydrogen) atoms. The molecule has 0 bridgehead atoms.